The zero-order valence-corrected chi connectivity index (χ0v) is 10.5. The molecule has 4 nitrogen and oxygen atoms in total. The molecule has 0 unspecified atom stereocenters. The first-order valence-corrected chi connectivity index (χ1v) is 5.55. The molecule has 2 N–H and O–H groups in total. The summed E-state index contributed by atoms with van der Waals surface area (Å²) >= 11 is 0. The predicted molar refractivity (Wildman–Crippen MR) is 63.6 cm³/mol. The average Bonchev–Trinajstić information content (AvgIpc) is 2.71. The van der Waals surface area contributed by atoms with Gasteiger partial charge < -0.3 is 0 Å². The minimum Gasteiger partial charge on any atom is -0.282 e. The van der Waals surface area contributed by atoms with Crippen molar-refractivity contribution >= 4 is 0 Å². The van der Waals surface area contributed by atoms with Crippen LogP contribution in [0.15, 0.2) is 0 Å². The number of rotatable bonds is 2. The lowest BCUT2D eigenvalue weighted by molar-refractivity contribution is 0.880. The van der Waals surface area contributed by atoms with Gasteiger partial charge in [0.25, 0.3) is 0 Å². The van der Waals surface area contributed by atoms with Crippen molar-refractivity contribution in [3.05, 3.63) is 33.9 Å². The fourth-order valence-electron chi connectivity index (χ4n) is 2.54. The quantitative estimate of drug-likeness (QED) is 0.813. The van der Waals surface area contributed by atoms with Crippen molar-refractivity contribution in [2.45, 2.75) is 40.5 Å². The van der Waals surface area contributed by atoms with Crippen LogP contribution in [0.25, 0.3) is 0 Å². The van der Waals surface area contributed by atoms with E-state index in [1.54, 1.807) is 0 Å². The Morgan fingerprint density at radius 2 is 1.19 bits per heavy atom. The predicted octanol–water partition coefficient (Wildman–Crippen LogP) is 2.52. The van der Waals surface area contributed by atoms with Crippen molar-refractivity contribution in [2.75, 3.05) is 0 Å². The van der Waals surface area contributed by atoms with E-state index in [-0.39, 0.29) is 0 Å². The topological polar surface area (TPSA) is 57.4 Å². The first kappa shape index (κ1) is 10.9. The third-order valence-electron chi connectivity index (χ3n) is 3.24. The maximum absolute atomic E-state index is 4.25. The summed E-state index contributed by atoms with van der Waals surface area (Å²) in [6, 6.07) is 0. The monoisotopic (exact) mass is 218 g/mol. The SMILES string of the molecule is Cc1n[nH]c(C)c1C(C)c1c(C)n[nH]c1C. The molecule has 2 aromatic heterocycles. The Hall–Kier alpha value is -1.58. The minimum absolute atomic E-state index is 0.331. The Kier molecular flexibility index (Phi) is 2.58. The number of aromatic nitrogens is 4. The summed E-state index contributed by atoms with van der Waals surface area (Å²) < 4.78 is 0. The molecule has 0 bridgehead atoms. The van der Waals surface area contributed by atoms with Crippen LogP contribution in [0.1, 0.15) is 46.7 Å². The van der Waals surface area contributed by atoms with E-state index in [0.717, 1.165) is 22.8 Å². The zero-order valence-electron chi connectivity index (χ0n) is 10.5. The van der Waals surface area contributed by atoms with Crippen molar-refractivity contribution in [3.63, 3.8) is 0 Å². The maximum atomic E-state index is 4.25. The molecular weight excluding hydrogens is 200 g/mol. The van der Waals surface area contributed by atoms with Crippen LogP contribution in [-0.2, 0) is 0 Å². The third-order valence-corrected chi connectivity index (χ3v) is 3.24. The van der Waals surface area contributed by atoms with Gasteiger partial charge in [0.15, 0.2) is 0 Å². The van der Waals surface area contributed by atoms with E-state index < -0.39 is 0 Å². The second-order valence-electron chi connectivity index (χ2n) is 4.42. The van der Waals surface area contributed by atoms with Gasteiger partial charge >= 0.3 is 0 Å². The highest BCUT2D eigenvalue weighted by atomic mass is 15.1. The summed E-state index contributed by atoms with van der Waals surface area (Å²) in [6.07, 6.45) is 0. The summed E-state index contributed by atoms with van der Waals surface area (Å²) in [5.41, 5.74) is 7.00. The molecule has 0 aliphatic carbocycles. The number of H-pyrrole nitrogens is 2. The van der Waals surface area contributed by atoms with Crippen molar-refractivity contribution in [2.24, 2.45) is 0 Å². The van der Waals surface area contributed by atoms with Gasteiger partial charge in [-0.25, -0.2) is 0 Å². The second-order valence-corrected chi connectivity index (χ2v) is 4.42. The normalized spacial score (nSPS) is 11.4. The van der Waals surface area contributed by atoms with E-state index in [1.807, 2.05) is 13.8 Å². The molecular formula is C12H18N4. The molecule has 16 heavy (non-hydrogen) atoms. The van der Waals surface area contributed by atoms with Gasteiger partial charge in [-0.3, -0.25) is 10.2 Å². The van der Waals surface area contributed by atoms with Gasteiger partial charge in [0.1, 0.15) is 0 Å². The number of nitrogens with one attached hydrogen (secondary N) is 2. The molecule has 2 aromatic rings. The highest BCUT2D eigenvalue weighted by molar-refractivity contribution is 5.39. The lowest BCUT2D eigenvalue weighted by Crippen LogP contribution is -2.01. The molecule has 0 saturated carbocycles. The van der Waals surface area contributed by atoms with Crippen molar-refractivity contribution in [3.8, 4) is 0 Å². The lowest BCUT2D eigenvalue weighted by Gasteiger charge is -2.12. The molecule has 0 aliphatic rings. The van der Waals surface area contributed by atoms with E-state index >= 15 is 0 Å². The zero-order chi connectivity index (χ0) is 11.9. The van der Waals surface area contributed by atoms with Crippen molar-refractivity contribution in [1.29, 1.82) is 0 Å². The van der Waals surface area contributed by atoms with E-state index in [2.05, 4.69) is 41.2 Å². The van der Waals surface area contributed by atoms with E-state index in [1.165, 1.54) is 11.1 Å². The Labute approximate surface area is 95.5 Å². The fourth-order valence-corrected chi connectivity index (χ4v) is 2.54. The number of hydrogen-bond donors (Lipinski definition) is 2. The van der Waals surface area contributed by atoms with Gasteiger partial charge in [-0.1, -0.05) is 6.92 Å². The largest absolute Gasteiger partial charge is 0.282 e. The number of hydrogen-bond acceptors (Lipinski definition) is 2. The maximum Gasteiger partial charge on any atom is 0.0632 e. The van der Waals surface area contributed by atoms with Crippen LogP contribution in [0.2, 0.25) is 0 Å². The number of aryl methyl sites for hydroxylation is 4. The van der Waals surface area contributed by atoms with Gasteiger partial charge in [-0.15, -0.1) is 0 Å². The lowest BCUT2D eigenvalue weighted by atomic mass is 9.90. The third kappa shape index (κ3) is 1.54. The van der Waals surface area contributed by atoms with Crippen LogP contribution in [0.5, 0.6) is 0 Å². The van der Waals surface area contributed by atoms with Crippen LogP contribution in [0.3, 0.4) is 0 Å². The summed E-state index contributed by atoms with van der Waals surface area (Å²) in [5, 5.41) is 14.6. The van der Waals surface area contributed by atoms with E-state index in [4.69, 9.17) is 0 Å². The average molecular weight is 218 g/mol. The van der Waals surface area contributed by atoms with Crippen LogP contribution in [0.4, 0.5) is 0 Å². The van der Waals surface area contributed by atoms with E-state index in [9.17, 15) is 0 Å². The molecule has 0 saturated heterocycles. The molecule has 2 heterocycles. The van der Waals surface area contributed by atoms with Gasteiger partial charge in [-0.2, -0.15) is 10.2 Å². The van der Waals surface area contributed by atoms with Crippen LogP contribution in [-0.4, -0.2) is 20.4 Å². The second kappa shape index (κ2) is 3.77. The van der Waals surface area contributed by atoms with Crippen LogP contribution < -0.4 is 0 Å². The molecule has 0 aromatic carbocycles. The summed E-state index contributed by atoms with van der Waals surface area (Å²) in [5.74, 6) is 0.331. The highest BCUT2D eigenvalue weighted by Gasteiger charge is 2.20. The molecule has 0 aliphatic heterocycles. The molecule has 0 atom stereocenters. The highest BCUT2D eigenvalue weighted by Crippen LogP contribution is 2.31. The molecule has 2 rings (SSSR count). The Balaban J connectivity index is 2.51. The first-order chi connectivity index (χ1) is 7.52. The van der Waals surface area contributed by atoms with E-state index in [0.29, 0.717) is 5.92 Å². The Morgan fingerprint density at radius 1 is 0.812 bits per heavy atom. The molecule has 4 heteroatoms. The van der Waals surface area contributed by atoms with Crippen LogP contribution in [0, 0.1) is 27.7 Å². The summed E-state index contributed by atoms with van der Waals surface area (Å²) in [4.78, 5) is 0. The molecule has 0 spiro atoms. The molecule has 86 valence electrons. The summed E-state index contributed by atoms with van der Waals surface area (Å²) in [6.45, 7) is 10.4. The van der Waals surface area contributed by atoms with Gasteiger partial charge in [0, 0.05) is 28.4 Å². The van der Waals surface area contributed by atoms with Crippen molar-refractivity contribution < 1.29 is 0 Å². The van der Waals surface area contributed by atoms with Crippen molar-refractivity contribution in [1.82, 2.24) is 20.4 Å². The smallest absolute Gasteiger partial charge is 0.0632 e. The molecule has 0 fully saturated rings. The molecule has 0 radical (unpaired) electrons. The Bertz CT molecular complexity index is 422. The fraction of sp³-hybridized carbons (Fsp3) is 0.500. The summed E-state index contributed by atoms with van der Waals surface area (Å²) in [7, 11) is 0. The molecule has 0 amide bonds. The van der Waals surface area contributed by atoms with Gasteiger partial charge in [-0.05, 0) is 27.7 Å². The van der Waals surface area contributed by atoms with Gasteiger partial charge in [0.2, 0.25) is 0 Å². The minimum atomic E-state index is 0.331. The van der Waals surface area contributed by atoms with Gasteiger partial charge in [0.05, 0.1) is 11.4 Å². The standard InChI is InChI=1S/C12H18N4/c1-6(11-7(2)13-14-8(11)3)12-9(4)15-16-10(12)5/h6H,1-5H3,(H,13,14)(H,15,16). The first-order valence-electron chi connectivity index (χ1n) is 5.55. The number of nitrogens with zero attached hydrogens (tertiary/aromatic N) is 2. The number of aromatic amines is 2. The Morgan fingerprint density at radius 3 is 1.44 bits per heavy atom. The van der Waals surface area contributed by atoms with Crippen LogP contribution >= 0.6 is 0 Å².